The Morgan fingerprint density at radius 2 is 1.58 bits per heavy atom. The minimum absolute atomic E-state index is 0.187. The molecule has 0 aliphatic carbocycles. The molecule has 10 N–H and O–H groups in total. The first kappa shape index (κ1) is 29.1. The maximum Gasteiger partial charge on any atom is 0.326 e. The van der Waals surface area contributed by atoms with Gasteiger partial charge in [0.2, 0.25) is 17.7 Å². The summed E-state index contributed by atoms with van der Waals surface area (Å²) in [5.74, 6) is -3.09. The minimum Gasteiger partial charge on any atom is -0.480 e. The van der Waals surface area contributed by atoms with E-state index in [1.165, 1.54) is 18.7 Å². The molecule has 0 aliphatic rings. The first-order valence-corrected chi connectivity index (χ1v) is 11.4. The van der Waals surface area contributed by atoms with E-state index in [-0.39, 0.29) is 12.8 Å². The van der Waals surface area contributed by atoms with Crippen LogP contribution in [0, 0.1) is 0 Å². The number of carbonyl (C=O) groups excluding carboxylic acids is 3. The van der Waals surface area contributed by atoms with Gasteiger partial charge < -0.3 is 42.7 Å². The van der Waals surface area contributed by atoms with E-state index in [0.717, 1.165) is 0 Å². The largest absolute Gasteiger partial charge is 0.480 e. The van der Waals surface area contributed by atoms with Gasteiger partial charge in [0.25, 0.3) is 0 Å². The summed E-state index contributed by atoms with van der Waals surface area (Å²) in [5.41, 5.74) is 10.8. The number of thioether (sulfide) groups is 1. The van der Waals surface area contributed by atoms with Crippen LogP contribution in [0.25, 0.3) is 0 Å². The minimum atomic E-state index is -1.42. The van der Waals surface area contributed by atoms with E-state index < -0.39 is 60.6 Å². The highest BCUT2D eigenvalue weighted by atomic mass is 32.2. The summed E-state index contributed by atoms with van der Waals surface area (Å²) in [5, 5.41) is 35.3. The molecule has 180 valence electrons. The van der Waals surface area contributed by atoms with Crippen LogP contribution in [0.15, 0.2) is 0 Å². The van der Waals surface area contributed by atoms with Crippen LogP contribution in [0.1, 0.15) is 32.6 Å². The van der Waals surface area contributed by atoms with Crippen molar-refractivity contribution in [1.29, 1.82) is 0 Å². The predicted octanol–water partition coefficient (Wildman–Crippen LogP) is -2.89. The number of aliphatic hydroxyl groups excluding tert-OH is 2. The number of aliphatic hydroxyl groups is 2. The van der Waals surface area contributed by atoms with Gasteiger partial charge >= 0.3 is 5.97 Å². The maximum atomic E-state index is 12.7. The van der Waals surface area contributed by atoms with E-state index in [1.807, 2.05) is 0 Å². The molecule has 0 aromatic heterocycles. The van der Waals surface area contributed by atoms with Gasteiger partial charge in [0.1, 0.15) is 24.2 Å². The highest BCUT2D eigenvalue weighted by molar-refractivity contribution is 7.98. The Labute approximate surface area is 185 Å². The van der Waals surface area contributed by atoms with Crippen molar-refractivity contribution >= 4 is 35.5 Å². The van der Waals surface area contributed by atoms with Crippen LogP contribution in [0.5, 0.6) is 0 Å². The summed E-state index contributed by atoms with van der Waals surface area (Å²) in [6, 6.07) is -4.92. The number of amides is 3. The molecule has 0 heterocycles. The number of carboxylic acids is 1. The van der Waals surface area contributed by atoms with Crippen molar-refractivity contribution in [2.24, 2.45) is 11.5 Å². The molecule has 0 fully saturated rings. The number of carbonyl (C=O) groups is 4. The van der Waals surface area contributed by atoms with Gasteiger partial charge in [0.05, 0.1) is 12.7 Å². The van der Waals surface area contributed by atoms with Crippen molar-refractivity contribution in [2.75, 3.05) is 25.2 Å². The molecule has 0 bridgehead atoms. The number of aliphatic carboxylic acids is 1. The third-order valence-corrected chi connectivity index (χ3v) is 5.05. The average Bonchev–Trinajstić information content (AvgIpc) is 2.72. The summed E-state index contributed by atoms with van der Waals surface area (Å²) < 4.78 is 0. The zero-order valence-electron chi connectivity index (χ0n) is 17.9. The Morgan fingerprint density at radius 1 is 0.968 bits per heavy atom. The molecule has 31 heavy (non-hydrogen) atoms. The van der Waals surface area contributed by atoms with Crippen LogP contribution >= 0.6 is 11.8 Å². The van der Waals surface area contributed by atoms with Crippen LogP contribution in [0.4, 0.5) is 0 Å². The van der Waals surface area contributed by atoms with E-state index in [1.54, 1.807) is 6.26 Å². The van der Waals surface area contributed by atoms with Crippen molar-refractivity contribution in [3.05, 3.63) is 0 Å². The fourth-order valence-corrected chi connectivity index (χ4v) is 3.01. The molecular weight excluding hydrogens is 430 g/mol. The quantitative estimate of drug-likeness (QED) is 0.109. The molecule has 0 radical (unpaired) electrons. The Balaban J connectivity index is 5.29. The Hall–Kier alpha value is -1.93. The fraction of sp³-hybridized carbons (Fsp3) is 0.778. The Morgan fingerprint density at radius 3 is 2.06 bits per heavy atom. The number of nitrogens with one attached hydrogen (secondary N) is 3. The van der Waals surface area contributed by atoms with Gasteiger partial charge in [-0.3, -0.25) is 14.4 Å². The SMILES string of the molecule is CSCCC(NC(=O)C(NC(=O)C(N)CO)C(C)O)C(=O)NC(CCCCN)C(=O)O. The molecule has 0 aromatic rings. The summed E-state index contributed by atoms with van der Waals surface area (Å²) in [7, 11) is 0. The van der Waals surface area contributed by atoms with E-state index in [0.29, 0.717) is 25.1 Å². The van der Waals surface area contributed by atoms with Gasteiger partial charge in [0, 0.05) is 0 Å². The second-order valence-corrected chi connectivity index (χ2v) is 8.03. The van der Waals surface area contributed by atoms with E-state index in [2.05, 4.69) is 16.0 Å². The van der Waals surface area contributed by atoms with Crippen molar-refractivity contribution in [3.8, 4) is 0 Å². The van der Waals surface area contributed by atoms with Crippen molar-refractivity contribution in [2.45, 2.75) is 62.9 Å². The van der Waals surface area contributed by atoms with Crippen LogP contribution in [0.2, 0.25) is 0 Å². The molecule has 12 nitrogen and oxygen atoms in total. The van der Waals surface area contributed by atoms with Crippen molar-refractivity contribution < 1.29 is 34.5 Å². The van der Waals surface area contributed by atoms with Gasteiger partial charge in [-0.05, 0) is 51.2 Å². The van der Waals surface area contributed by atoms with Gasteiger partial charge in [-0.25, -0.2) is 4.79 Å². The molecule has 0 spiro atoms. The smallest absolute Gasteiger partial charge is 0.326 e. The zero-order chi connectivity index (χ0) is 24.0. The number of hydrogen-bond donors (Lipinski definition) is 8. The molecule has 5 unspecified atom stereocenters. The first-order valence-electron chi connectivity index (χ1n) is 9.96. The van der Waals surface area contributed by atoms with Crippen LogP contribution in [0.3, 0.4) is 0 Å². The van der Waals surface area contributed by atoms with E-state index in [4.69, 9.17) is 16.6 Å². The summed E-state index contributed by atoms with van der Waals surface area (Å²) in [6.45, 7) is 1.02. The van der Waals surface area contributed by atoms with Gasteiger partial charge in [0.15, 0.2) is 0 Å². The van der Waals surface area contributed by atoms with Crippen LogP contribution < -0.4 is 27.4 Å². The number of hydrogen-bond acceptors (Lipinski definition) is 9. The first-order chi connectivity index (χ1) is 14.6. The average molecular weight is 466 g/mol. The lowest BCUT2D eigenvalue weighted by molar-refractivity contribution is -0.142. The molecule has 0 saturated carbocycles. The summed E-state index contributed by atoms with van der Waals surface area (Å²) >= 11 is 1.42. The molecule has 0 saturated heterocycles. The third-order valence-electron chi connectivity index (χ3n) is 4.40. The molecule has 3 amide bonds. The zero-order valence-corrected chi connectivity index (χ0v) is 18.7. The number of rotatable bonds is 16. The Bertz CT molecular complexity index is 594. The number of nitrogens with two attached hydrogens (primary N) is 2. The van der Waals surface area contributed by atoms with Crippen LogP contribution in [-0.4, -0.2) is 94.4 Å². The van der Waals surface area contributed by atoms with E-state index in [9.17, 15) is 29.4 Å². The molecule has 0 aromatic carbocycles. The van der Waals surface area contributed by atoms with Gasteiger partial charge in [-0.1, -0.05) is 0 Å². The highest BCUT2D eigenvalue weighted by Gasteiger charge is 2.32. The van der Waals surface area contributed by atoms with Crippen LogP contribution in [-0.2, 0) is 19.2 Å². The molecular formula is C18H35N5O7S. The Kier molecular flexibility index (Phi) is 14.8. The molecule has 0 rings (SSSR count). The monoisotopic (exact) mass is 465 g/mol. The summed E-state index contributed by atoms with van der Waals surface area (Å²) in [4.78, 5) is 48.6. The fourth-order valence-electron chi connectivity index (χ4n) is 2.54. The van der Waals surface area contributed by atoms with Gasteiger partial charge in [-0.15, -0.1) is 0 Å². The maximum absolute atomic E-state index is 12.7. The molecule has 13 heteroatoms. The lowest BCUT2D eigenvalue weighted by Crippen LogP contribution is -2.60. The molecule has 5 atom stereocenters. The lowest BCUT2D eigenvalue weighted by atomic mass is 10.1. The van der Waals surface area contributed by atoms with Crippen molar-refractivity contribution in [1.82, 2.24) is 16.0 Å². The summed E-state index contributed by atoms with van der Waals surface area (Å²) in [6.07, 6.45) is 1.99. The second kappa shape index (κ2) is 15.8. The highest BCUT2D eigenvalue weighted by Crippen LogP contribution is 2.06. The second-order valence-electron chi connectivity index (χ2n) is 7.04. The number of unbranched alkanes of at least 4 members (excludes halogenated alkanes) is 1. The van der Waals surface area contributed by atoms with Gasteiger partial charge in [-0.2, -0.15) is 11.8 Å². The third kappa shape index (κ3) is 11.3. The van der Waals surface area contributed by atoms with Crippen molar-refractivity contribution in [3.63, 3.8) is 0 Å². The van der Waals surface area contributed by atoms with E-state index >= 15 is 0 Å². The standard InChI is InChI=1S/C18H35N5O7S/c1-10(25)14(23-15(26)11(20)9-24)17(28)21-12(6-8-31-2)16(27)22-13(18(29)30)5-3-4-7-19/h10-14,24-25H,3-9,19-20H2,1-2H3,(H,21,28)(H,22,27)(H,23,26)(H,29,30). The topological polar surface area (TPSA) is 217 Å². The lowest BCUT2D eigenvalue weighted by Gasteiger charge is -2.26. The number of carboxylic acid groups (broad SMARTS) is 1. The predicted molar refractivity (Wildman–Crippen MR) is 116 cm³/mol. The molecule has 0 aliphatic heterocycles. The normalized spacial score (nSPS) is 15.8.